The average Bonchev–Trinajstić information content (AvgIpc) is 2.59. The third kappa shape index (κ3) is 7.34. The first kappa shape index (κ1) is 25.0. The van der Waals surface area contributed by atoms with E-state index in [1.807, 2.05) is 24.3 Å². The molecule has 1 aromatic rings. The lowest BCUT2D eigenvalue weighted by atomic mass is 9.91. The second-order valence-corrected chi connectivity index (χ2v) is 7.65. The van der Waals surface area contributed by atoms with Crippen LogP contribution in [-0.4, -0.2) is 36.0 Å². The maximum Gasteiger partial charge on any atom is 0.220 e. The van der Waals surface area contributed by atoms with E-state index >= 15 is 0 Å². The van der Waals surface area contributed by atoms with Gasteiger partial charge < -0.3 is 11.1 Å². The minimum absolute atomic E-state index is 0. The van der Waals surface area contributed by atoms with Gasteiger partial charge >= 0.3 is 0 Å². The molecule has 1 heterocycles. The number of aryl methyl sites for hydroxylation is 1. The van der Waals surface area contributed by atoms with Gasteiger partial charge in [0.1, 0.15) is 0 Å². The molecule has 26 heavy (non-hydrogen) atoms. The third-order valence-corrected chi connectivity index (χ3v) is 5.35. The number of hydrogen-bond acceptors (Lipinski definition) is 3. The molecule has 1 unspecified atom stereocenters. The van der Waals surface area contributed by atoms with Crippen molar-refractivity contribution in [3.63, 3.8) is 0 Å². The molecule has 1 aliphatic rings. The van der Waals surface area contributed by atoms with Crippen molar-refractivity contribution in [3.05, 3.63) is 29.8 Å². The molecule has 0 aromatic heterocycles. The van der Waals surface area contributed by atoms with Crippen molar-refractivity contribution >= 4 is 36.4 Å². The van der Waals surface area contributed by atoms with E-state index in [1.54, 1.807) is 0 Å². The highest BCUT2D eigenvalue weighted by molar-refractivity contribution is 5.85. The second-order valence-electron chi connectivity index (χ2n) is 7.65. The molecule has 1 aliphatic heterocycles. The van der Waals surface area contributed by atoms with Gasteiger partial charge in [-0.3, -0.25) is 9.69 Å². The van der Waals surface area contributed by atoms with Gasteiger partial charge in [-0.2, -0.15) is 0 Å². The summed E-state index contributed by atoms with van der Waals surface area (Å²) in [7, 11) is 0. The van der Waals surface area contributed by atoms with Crippen molar-refractivity contribution in [2.45, 2.75) is 58.4 Å². The molecule has 0 bridgehead atoms. The fourth-order valence-electron chi connectivity index (χ4n) is 3.47. The smallest absolute Gasteiger partial charge is 0.220 e. The highest BCUT2D eigenvalue weighted by atomic mass is 35.5. The van der Waals surface area contributed by atoms with Crippen LogP contribution in [0.4, 0.5) is 5.69 Å². The number of benzene rings is 1. The van der Waals surface area contributed by atoms with Crippen molar-refractivity contribution in [2.24, 2.45) is 5.92 Å². The SMILES string of the molecule is CCC1CCCN(C(C)(C)CNC(=O)CCc2ccccc2N)C1.Cl.Cl. The molecule has 0 spiro atoms. The first-order valence-corrected chi connectivity index (χ1v) is 9.27. The molecule has 2 rings (SSSR count). The Bertz CT molecular complexity index is 552. The van der Waals surface area contributed by atoms with Crippen molar-refractivity contribution in [2.75, 3.05) is 25.4 Å². The highest BCUT2D eigenvalue weighted by Crippen LogP contribution is 2.25. The molecule has 150 valence electrons. The second kappa shape index (κ2) is 11.7. The Labute approximate surface area is 171 Å². The summed E-state index contributed by atoms with van der Waals surface area (Å²) in [6.45, 7) is 9.74. The number of nitrogens with zero attached hydrogens (tertiary/aromatic N) is 1. The first-order valence-electron chi connectivity index (χ1n) is 9.27. The maximum absolute atomic E-state index is 12.2. The number of nitrogen functional groups attached to an aromatic ring is 1. The summed E-state index contributed by atoms with van der Waals surface area (Å²) in [6.07, 6.45) is 5.04. The zero-order chi connectivity index (χ0) is 17.6. The molecule has 1 fully saturated rings. The van der Waals surface area contributed by atoms with Gasteiger partial charge in [-0.25, -0.2) is 0 Å². The van der Waals surface area contributed by atoms with Crippen LogP contribution in [0.25, 0.3) is 0 Å². The number of hydrogen-bond donors (Lipinski definition) is 2. The summed E-state index contributed by atoms with van der Waals surface area (Å²) < 4.78 is 0. The number of rotatable bonds is 7. The molecule has 0 radical (unpaired) electrons. The van der Waals surface area contributed by atoms with E-state index in [-0.39, 0.29) is 36.3 Å². The Morgan fingerprint density at radius 1 is 1.31 bits per heavy atom. The Morgan fingerprint density at radius 2 is 2.00 bits per heavy atom. The number of likely N-dealkylation sites (tertiary alicyclic amines) is 1. The topological polar surface area (TPSA) is 58.4 Å². The quantitative estimate of drug-likeness (QED) is 0.674. The Kier molecular flexibility index (Phi) is 11.2. The lowest BCUT2D eigenvalue weighted by molar-refractivity contribution is -0.121. The van der Waals surface area contributed by atoms with Crippen LogP contribution in [0.1, 0.15) is 52.0 Å². The zero-order valence-electron chi connectivity index (χ0n) is 16.3. The fraction of sp³-hybridized carbons (Fsp3) is 0.650. The Morgan fingerprint density at radius 3 is 2.65 bits per heavy atom. The standard InChI is InChI=1S/C20H33N3O.2ClH/c1-4-16-8-7-13-23(14-16)20(2,3)15-22-19(24)12-11-17-9-5-6-10-18(17)21;;/h5-6,9-10,16H,4,7-8,11-15,21H2,1-3H3,(H,22,24);2*1H. The largest absolute Gasteiger partial charge is 0.399 e. The number of anilines is 1. The van der Waals surface area contributed by atoms with Crippen LogP contribution in [-0.2, 0) is 11.2 Å². The lowest BCUT2D eigenvalue weighted by Crippen LogP contribution is -2.54. The minimum Gasteiger partial charge on any atom is -0.399 e. The predicted octanol–water partition coefficient (Wildman–Crippen LogP) is 4.06. The number of halogens is 2. The van der Waals surface area contributed by atoms with Crippen LogP contribution in [0.5, 0.6) is 0 Å². The van der Waals surface area contributed by atoms with Crippen LogP contribution < -0.4 is 11.1 Å². The molecule has 0 aliphatic carbocycles. The number of carbonyl (C=O) groups excluding carboxylic acids is 1. The van der Waals surface area contributed by atoms with Crippen molar-refractivity contribution < 1.29 is 4.79 Å². The lowest BCUT2D eigenvalue weighted by Gasteiger charge is -2.43. The van der Waals surface area contributed by atoms with E-state index in [0.29, 0.717) is 19.4 Å². The summed E-state index contributed by atoms with van der Waals surface area (Å²) in [5.74, 6) is 0.908. The zero-order valence-corrected chi connectivity index (χ0v) is 17.9. The van der Waals surface area contributed by atoms with E-state index < -0.39 is 0 Å². The maximum atomic E-state index is 12.2. The number of carbonyl (C=O) groups is 1. The fourth-order valence-corrected chi connectivity index (χ4v) is 3.47. The predicted molar refractivity (Wildman–Crippen MR) is 115 cm³/mol. The molecule has 1 saturated heterocycles. The Balaban J connectivity index is 0.00000312. The number of para-hydroxylation sites is 1. The highest BCUT2D eigenvalue weighted by Gasteiger charge is 2.31. The molecule has 1 aromatic carbocycles. The average molecular weight is 404 g/mol. The van der Waals surface area contributed by atoms with E-state index in [0.717, 1.165) is 30.3 Å². The third-order valence-electron chi connectivity index (χ3n) is 5.35. The first-order chi connectivity index (χ1) is 11.4. The van der Waals surface area contributed by atoms with Crippen LogP contribution in [0.15, 0.2) is 24.3 Å². The van der Waals surface area contributed by atoms with Crippen LogP contribution in [0, 0.1) is 5.92 Å². The van der Waals surface area contributed by atoms with Crippen molar-refractivity contribution in [3.8, 4) is 0 Å². The van der Waals surface area contributed by atoms with Crippen LogP contribution in [0.2, 0.25) is 0 Å². The van der Waals surface area contributed by atoms with E-state index in [4.69, 9.17) is 5.73 Å². The van der Waals surface area contributed by atoms with Gasteiger partial charge in [0.25, 0.3) is 0 Å². The van der Waals surface area contributed by atoms with Crippen LogP contribution in [0.3, 0.4) is 0 Å². The molecule has 0 saturated carbocycles. The van der Waals surface area contributed by atoms with E-state index in [1.165, 1.54) is 19.3 Å². The van der Waals surface area contributed by atoms with E-state index in [9.17, 15) is 4.79 Å². The molecule has 6 heteroatoms. The summed E-state index contributed by atoms with van der Waals surface area (Å²) >= 11 is 0. The summed E-state index contributed by atoms with van der Waals surface area (Å²) in [4.78, 5) is 14.7. The molecular weight excluding hydrogens is 369 g/mol. The van der Waals surface area contributed by atoms with Gasteiger partial charge in [0.15, 0.2) is 0 Å². The number of nitrogens with one attached hydrogen (secondary N) is 1. The van der Waals surface area contributed by atoms with Crippen molar-refractivity contribution in [1.82, 2.24) is 10.2 Å². The minimum atomic E-state index is 0. The molecular formula is C20H35Cl2N3O. The number of nitrogens with two attached hydrogens (primary N) is 1. The van der Waals surface area contributed by atoms with Gasteiger partial charge in [0, 0.05) is 30.7 Å². The number of amides is 1. The van der Waals surface area contributed by atoms with Gasteiger partial charge in [-0.1, -0.05) is 31.5 Å². The number of piperidine rings is 1. The summed E-state index contributed by atoms with van der Waals surface area (Å²) in [6, 6.07) is 7.76. The molecule has 3 N–H and O–H groups in total. The molecule has 1 atom stereocenters. The van der Waals surface area contributed by atoms with E-state index in [2.05, 4.69) is 31.0 Å². The monoisotopic (exact) mass is 403 g/mol. The molecule has 1 amide bonds. The summed E-state index contributed by atoms with van der Waals surface area (Å²) in [5, 5.41) is 3.12. The van der Waals surface area contributed by atoms with Gasteiger partial charge in [-0.05, 0) is 57.2 Å². The Hall–Kier alpha value is -0.970. The van der Waals surface area contributed by atoms with Gasteiger partial charge in [0.2, 0.25) is 5.91 Å². The van der Waals surface area contributed by atoms with Gasteiger partial charge in [0.05, 0.1) is 0 Å². The summed E-state index contributed by atoms with van der Waals surface area (Å²) in [5.41, 5.74) is 7.76. The van der Waals surface area contributed by atoms with Gasteiger partial charge in [-0.15, -0.1) is 24.8 Å². The van der Waals surface area contributed by atoms with Crippen molar-refractivity contribution in [1.29, 1.82) is 0 Å². The normalized spacial score (nSPS) is 17.7. The van der Waals surface area contributed by atoms with Crippen LogP contribution >= 0.6 is 24.8 Å². The molecule has 4 nitrogen and oxygen atoms in total.